The minimum absolute atomic E-state index is 0.0463. The lowest BCUT2D eigenvalue weighted by molar-refractivity contribution is -0.132. The standard InChI is InChI=1S/C45H49N7O4/c1-4-46-45(55)52(36-22-12-7-13-23-36)44-48-38-25-16-27-41(37(38)32-51(44)33-42(53)47-39-24-14-15-26-40(39)49(2)3)56-29-17-28-43(54)50(30-34-18-8-5-9-19-34)31-35-20-10-6-11-21-35/h5-16,18-27H,4,17,28-33H2,1-3H3,(H,46,55)(H,47,53). The van der Waals surface area contributed by atoms with Crippen LogP contribution in [-0.4, -0.2) is 67.4 Å². The normalized spacial score (nSPS) is 11.8. The molecule has 0 aromatic heterocycles. The third-order valence-electron chi connectivity index (χ3n) is 9.28. The molecule has 1 aliphatic rings. The summed E-state index contributed by atoms with van der Waals surface area (Å²) in [5.74, 6) is 0.693. The highest BCUT2D eigenvalue weighted by molar-refractivity contribution is 6.17. The number of guanidine groups is 1. The average Bonchev–Trinajstić information content (AvgIpc) is 3.21. The molecule has 1 heterocycles. The Kier molecular flexibility index (Phi) is 13.3. The van der Waals surface area contributed by atoms with Gasteiger partial charge in [0.1, 0.15) is 12.3 Å². The first-order valence-corrected chi connectivity index (χ1v) is 18.9. The molecule has 4 amide bonds. The van der Waals surface area contributed by atoms with Gasteiger partial charge in [-0.15, -0.1) is 0 Å². The second-order valence-corrected chi connectivity index (χ2v) is 13.7. The molecule has 0 atom stereocenters. The topological polar surface area (TPSA) is 110 Å². The number of para-hydroxylation sites is 3. The van der Waals surface area contributed by atoms with Gasteiger partial charge < -0.3 is 30.1 Å². The maximum absolute atomic E-state index is 13.8. The van der Waals surface area contributed by atoms with Crippen LogP contribution in [0.2, 0.25) is 0 Å². The lowest BCUT2D eigenvalue weighted by Gasteiger charge is -2.36. The van der Waals surface area contributed by atoms with Crippen molar-refractivity contribution in [3.05, 3.63) is 150 Å². The van der Waals surface area contributed by atoms with Gasteiger partial charge in [0.25, 0.3) is 0 Å². The van der Waals surface area contributed by atoms with Crippen LogP contribution < -0.4 is 25.2 Å². The van der Waals surface area contributed by atoms with Crippen LogP contribution in [0.4, 0.5) is 27.5 Å². The maximum atomic E-state index is 13.8. The summed E-state index contributed by atoms with van der Waals surface area (Å²) in [6.45, 7) is 3.75. The van der Waals surface area contributed by atoms with E-state index in [0.29, 0.717) is 67.9 Å². The first-order chi connectivity index (χ1) is 27.3. The van der Waals surface area contributed by atoms with Crippen molar-refractivity contribution in [2.24, 2.45) is 4.99 Å². The van der Waals surface area contributed by atoms with E-state index < -0.39 is 0 Å². The van der Waals surface area contributed by atoms with Gasteiger partial charge in [-0.2, -0.15) is 0 Å². The number of hydrogen-bond acceptors (Lipinski definition) is 7. The number of anilines is 3. The average molecular weight is 752 g/mol. The van der Waals surface area contributed by atoms with Crippen LogP contribution in [0, 0.1) is 0 Å². The SMILES string of the molecule is CCNC(=O)N(C1=Nc2cccc(OCCCC(=O)N(Cc3ccccc3)Cc3ccccc3)c2CN1CC(=O)Nc1ccccc1N(C)C)c1ccccc1. The predicted octanol–water partition coefficient (Wildman–Crippen LogP) is 7.82. The Balaban J connectivity index is 1.22. The molecule has 0 saturated carbocycles. The molecule has 11 heteroatoms. The number of aliphatic imine (C=N–C) groups is 1. The van der Waals surface area contributed by atoms with Crippen LogP contribution >= 0.6 is 0 Å². The van der Waals surface area contributed by atoms with E-state index in [1.165, 1.54) is 4.90 Å². The third kappa shape index (κ3) is 10.1. The highest BCUT2D eigenvalue weighted by Gasteiger charge is 2.32. The minimum Gasteiger partial charge on any atom is -0.493 e. The van der Waals surface area contributed by atoms with Gasteiger partial charge in [-0.05, 0) is 60.9 Å². The van der Waals surface area contributed by atoms with Crippen molar-refractivity contribution in [2.45, 2.75) is 39.4 Å². The molecular formula is C45H49N7O4. The number of benzene rings is 5. The molecule has 11 nitrogen and oxygen atoms in total. The first kappa shape index (κ1) is 39.1. The summed E-state index contributed by atoms with van der Waals surface area (Å²) in [4.78, 5) is 53.2. The molecule has 0 spiro atoms. The Morgan fingerprint density at radius 2 is 1.39 bits per heavy atom. The van der Waals surface area contributed by atoms with E-state index in [2.05, 4.69) is 10.6 Å². The van der Waals surface area contributed by atoms with E-state index in [1.54, 1.807) is 4.90 Å². The molecule has 5 aromatic rings. The van der Waals surface area contributed by atoms with E-state index in [0.717, 1.165) is 22.4 Å². The molecule has 0 radical (unpaired) electrons. The summed E-state index contributed by atoms with van der Waals surface area (Å²) >= 11 is 0. The second-order valence-electron chi connectivity index (χ2n) is 13.7. The van der Waals surface area contributed by atoms with Crippen LogP contribution in [0.15, 0.2) is 138 Å². The van der Waals surface area contributed by atoms with Gasteiger partial charge in [0.05, 0.1) is 35.9 Å². The zero-order valence-corrected chi connectivity index (χ0v) is 32.2. The van der Waals surface area contributed by atoms with E-state index in [9.17, 15) is 14.4 Å². The molecule has 1 aliphatic heterocycles. The fourth-order valence-electron chi connectivity index (χ4n) is 6.58. The smallest absolute Gasteiger partial charge is 0.328 e. The van der Waals surface area contributed by atoms with Gasteiger partial charge in [-0.3, -0.25) is 9.59 Å². The highest BCUT2D eigenvalue weighted by Crippen LogP contribution is 2.35. The van der Waals surface area contributed by atoms with Crippen LogP contribution in [0.3, 0.4) is 0 Å². The van der Waals surface area contributed by atoms with E-state index in [4.69, 9.17) is 9.73 Å². The zero-order valence-electron chi connectivity index (χ0n) is 32.2. The van der Waals surface area contributed by atoms with Crippen molar-refractivity contribution >= 4 is 46.6 Å². The summed E-state index contributed by atoms with van der Waals surface area (Å²) in [6, 6.07) is 42.1. The lowest BCUT2D eigenvalue weighted by atomic mass is 10.1. The number of carbonyl (C=O) groups excluding carboxylic acids is 3. The van der Waals surface area contributed by atoms with Gasteiger partial charge in [0.15, 0.2) is 0 Å². The number of rotatable bonds is 15. The minimum atomic E-state index is -0.366. The fraction of sp³-hybridized carbons (Fsp3) is 0.244. The number of urea groups is 1. The molecule has 5 aromatic carbocycles. The van der Waals surface area contributed by atoms with E-state index in [-0.39, 0.29) is 30.9 Å². The number of amides is 4. The monoisotopic (exact) mass is 751 g/mol. The molecule has 0 aliphatic carbocycles. The van der Waals surface area contributed by atoms with Crippen LogP contribution in [-0.2, 0) is 29.2 Å². The van der Waals surface area contributed by atoms with Crippen molar-refractivity contribution in [3.63, 3.8) is 0 Å². The van der Waals surface area contributed by atoms with Gasteiger partial charge >= 0.3 is 6.03 Å². The summed E-state index contributed by atoms with van der Waals surface area (Å²) in [6.07, 6.45) is 0.823. The first-order valence-electron chi connectivity index (χ1n) is 18.9. The van der Waals surface area contributed by atoms with Crippen molar-refractivity contribution < 1.29 is 19.1 Å². The zero-order chi connectivity index (χ0) is 39.3. The largest absolute Gasteiger partial charge is 0.493 e. The fourth-order valence-corrected chi connectivity index (χ4v) is 6.58. The summed E-state index contributed by atoms with van der Waals surface area (Å²) in [7, 11) is 3.84. The number of nitrogens with zero attached hydrogens (tertiary/aromatic N) is 5. The molecule has 6 rings (SSSR count). The maximum Gasteiger partial charge on any atom is 0.328 e. The van der Waals surface area contributed by atoms with Crippen LogP contribution in [0.5, 0.6) is 5.75 Å². The number of hydrogen-bond donors (Lipinski definition) is 2. The molecular weight excluding hydrogens is 703 g/mol. The van der Waals surface area contributed by atoms with Crippen molar-refractivity contribution in [3.8, 4) is 5.75 Å². The van der Waals surface area contributed by atoms with Gasteiger partial charge in [0.2, 0.25) is 17.8 Å². The molecule has 0 saturated heterocycles. The van der Waals surface area contributed by atoms with Crippen molar-refractivity contribution in [1.82, 2.24) is 15.1 Å². The molecule has 0 bridgehead atoms. The Hall–Kier alpha value is -6.62. The quantitative estimate of drug-likeness (QED) is 0.106. The van der Waals surface area contributed by atoms with Gasteiger partial charge in [0, 0.05) is 45.7 Å². The molecule has 288 valence electrons. The molecule has 0 unspecified atom stereocenters. The second kappa shape index (κ2) is 19.1. The van der Waals surface area contributed by atoms with E-state index >= 15 is 0 Å². The Morgan fingerprint density at radius 3 is 2.04 bits per heavy atom. The Morgan fingerprint density at radius 1 is 0.768 bits per heavy atom. The van der Waals surface area contributed by atoms with Crippen LogP contribution in [0.25, 0.3) is 0 Å². The predicted molar refractivity (Wildman–Crippen MR) is 223 cm³/mol. The Bertz CT molecular complexity index is 2070. The lowest BCUT2D eigenvalue weighted by Crippen LogP contribution is -2.53. The summed E-state index contributed by atoms with van der Waals surface area (Å²) in [5.41, 5.74) is 5.70. The van der Waals surface area contributed by atoms with Crippen molar-refractivity contribution in [1.29, 1.82) is 0 Å². The Labute approximate surface area is 329 Å². The van der Waals surface area contributed by atoms with Crippen molar-refractivity contribution in [2.75, 3.05) is 48.9 Å². The summed E-state index contributed by atoms with van der Waals surface area (Å²) < 4.78 is 6.36. The molecule has 2 N–H and O–H groups in total. The number of fused-ring (bicyclic) bond motifs is 1. The number of nitrogens with one attached hydrogen (secondary N) is 2. The molecule has 0 fully saturated rings. The van der Waals surface area contributed by atoms with E-state index in [1.807, 2.05) is 164 Å². The van der Waals surface area contributed by atoms with Crippen LogP contribution in [0.1, 0.15) is 36.5 Å². The number of carbonyl (C=O) groups is 3. The van der Waals surface area contributed by atoms with Gasteiger partial charge in [-0.25, -0.2) is 14.7 Å². The summed E-state index contributed by atoms with van der Waals surface area (Å²) in [5, 5.41) is 5.97. The van der Waals surface area contributed by atoms with Gasteiger partial charge in [-0.1, -0.05) is 97.1 Å². The third-order valence-corrected chi connectivity index (χ3v) is 9.28. The highest BCUT2D eigenvalue weighted by atomic mass is 16.5. The number of ether oxygens (including phenoxy) is 1. The molecule has 56 heavy (non-hydrogen) atoms.